The van der Waals surface area contributed by atoms with Crippen molar-refractivity contribution in [3.63, 3.8) is 0 Å². The van der Waals surface area contributed by atoms with E-state index in [1.165, 1.54) is 19.0 Å². The fourth-order valence-electron chi connectivity index (χ4n) is 2.52. The van der Waals surface area contributed by atoms with Gasteiger partial charge in [-0.15, -0.1) is 0 Å². The lowest BCUT2D eigenvalue weighted by atomic mass is 10.2. The summed E-state index contributed by atoms with van der Waals surface area (Å²) in [6, 6.07) is 9.64. The molecule has 0 aliphatic carbocycles. The minimum absolute atomic E-state index is 0.0402. The van der Waals surface area contributed by atoms with Crippen molar-refractivity contribution in [3.8, 4) is 11.5 Å². The zero-order valence-electron chi connectivity index (χ0n) is 11.4. The van der Waals surface area contributed by atoms with Crippen LogP contribution < -0.4 is 0 Å². The van der Waals surface area contributed by atoms with Crippen molar-refractivity contribution in [2.75, 3.05) is 13.1 Å². The zero-order chi connectivity index (χ0) is 13.8. The summed E-state index contributed by atoms with van der Waals surface area (Å²) >= 11 is 0. The standard InChI is InChI=1S/C16H18N2O2/c19-16(18-10-6-1-2-7-11-18)14-12-17-15(20-14)13-8-4-3-5-9-13/h3-5,8-9,12H,1-2,6-7,10-11H2. The Hall–Kier alpha value is -2.10. The molecule has 0 unspecified atom stereocenters. The van der Waals surface area contributed by atoms with Gasteiger partial charge in [-0.05, 0) is 25.0 Å². The van der Waals surface area contributed by atoms with E-state index in [1.807, 2.05) is 35.2 Å². The molecule has 0 spiro atoms. The first kappa shape index (κ1) is 12.9. The number of benzene rings is 1. The molecule has 2 heterocycles. The molecular weight excluding hydrogens is 252 g/mol. The van der Waals surface area contributed by atoms with Gasteiger partial charge in [-0.3, -0.25) is 4.79 Å². The van der Waals surface area contributed by atoms with Gasteiger partial charge in [0.05, 0.1) is 6.20 Å². The molecule has 2 aromatic rings. The average molecular weight is 270 g/mol. The van der Waals surface area contributed by atoms with Crippen molar-refractivity contribution in [1.82, 2.24) is 9.88 Å². The Labute approximate surface area is 118 Å². The first-order valence-corrected chi connectivity index (χ1v) is 7.15. The van der Waals surface area contributed by atoms with Crippen molar-refractivity contribution in [2.45, 2.75) is 25.7 Å². The predicted molar refractivity (Wildman–Crippen MR) is 76.3 cm³/mol. The summed E-state index contributed by atoms with van der Waals surface area (Å²) in [5, 5.41) is 0. The second-order valence-corrected chi connectivity index (χ2v) is 5.10. The van der Waals surface area contributed by atoms with Crippen molar-refractivity contribution in [3.05, 3.63) is 42.3 Å². The van der Waals surface area contributed by atoms with Gasteiger partial charge in [0.1, 0.15) is 0 Å². The van der Waals surface area contributed by atoms with Crippen molar-refractivity contribution in [2.24, 2.45) is 0 Å². The van der Waals surface area contributed by atoms with E-state index in [0.717, 1.165) is 31.5 Å². The third kappa shape index (κ3) is 2.74. The van der Waals surface area contributed by atoms with Gasteiger partial charge in [0.25, 0.3) is 5.91 Å². The number of amides is 1. The summed E-state index contributed by atoms with van der Waals surface area (Å²) < 4.78 is 5.62. The highest BCUT2D eigenvalue weighted by molar-refractivity contribution is 5.91. The van der Waals surface area contributed by atoms with E-state index in [9.17, 15) is 4.79 Å². The molecule has 1 aliphatic heterocycles. The van der Waals surface area contributed by atoms with Crippen LogP contribution in [0.3, 0.4) is 0 Å². The van der Waals surface area contributed by atoms with Crippen LogP contribution in [0.5, 0.6) is 0 Å². The Kier molecular flexibility index (Phi) is 3.81. The molecule has 0 bridgehead atoms. The molecule has 4 nitrogen and oxygen atoms in total. The third-order valence-corrected chi connectivity index (χ3v) is 3.63. The second-order valence-electron chi connectivity index (χ2n) is 5.10. The molecule has 1 aromatic heterocycles. The van der Waals surface area contributed by atoms with Gasteiger partial charge in [0.2, 0.25) is 11.7 Å². The number of hydrogen-bond donors (Lipinski definition) is 0. The molecule has 0 radical (unpaired) electrons. The molecule has 1 saturated heterocycles. The monoisotopic (exact) mass is 270 g/mol. The van der Waals surface area contributed by atoms with Crippen molar-refractivity contribution >= 4 is 5.91 Å². The van der Waals surface area contributed by atoms with Crippen LogP contribution in [0.25, 0.3) is 11.5 Å². The number of carbonyl (C=O) groups is 1. The highest BCUT2D eigenvalue weighted by atomic mass is 16.4. The lowest BCUT2D eigenvalue weighted by molar-refractivity contribution is 0.0730. The first-order chi connectivity index (χ1) is 9.84. The van der Waals surface area contributed by atoms with Gasteiger partial charge in [0.15, 0.2) is 0 Å². The van der Waals surface area contributed by atoms with Gasteiger partial charge >= 0.3 is 0 Å². The van der Waals surface area contributed by atoms with E-state index < -0.39 is 0 Å². The number of likely N-dealkylation sites (tertiary alicyclic amines) is 1. The molecule has 1 aliphatic rings. The highest BCUT2D eigenvalue weighted by Gasteiger charge is 2.21. The Morgan fingerprint density at radius 2 is 1.75 bits per heavy atom. The quantitative estimate of drug-likeness (QED) is 0.840. The largest absolute Gasteiger partial charge is 0.431 e. The number of aromatic nitrogens is 1. The number of carbonyl (C=O) groups excluding carboxylic acids is 1. The van der Waals surface area contributed by atoms with Crippen LogP contribution in [0.4, 0.5) is 0 Å². The summed E-state index contributed by atoms with van der Waals surface area (Å²) in [6.45, 7) is 1.64. The van der Waals surface area contributed by atoms with E-state index >= 15 is 0 Å². The fraction of sp³-hybridized carbons (Fsp3) is 0.375. The molecule has 20 heavy (non-hydrogen) atoms. The highest BCUT2D eigenvalue weighted by Crippen LogP contribution is 2.20. The van der Waals surface area contributed by atoms with Crippen molar-refractivity contribution in [1.29, 1.82) is 0 Å². The van der Waals surface area contributed by atoms with Gasteiger partial charge in [-0.25, -0.2) is 4.98 Å². The number of oxazole rings is 1. The second kappa shape index (κ2) is 5.90. The van der Waals surface area contributed by atoms with E-state index in [2.05, 4.69) is 4.98 Å². The molecule has 0 N–H and O–H groups in total. The van der Waals surface area contributed by atoms with Gasteiger partial charge in [0, 0.05) is 18.7 Å². The van der Waals surface area contributed by atoms with Gasteiger partial charge in [-0.2, -0.15) is 0 Å². The lowest BCUT2D eigenvalue weighted by Gasteiger charge is -2.18. The molecule has 0 atom stereocenters. The van der Waals surface area contributed by atoms with Crippen LogP contribution >= 0.6 is 0 Å². The summed E-state index contributed by atoms with van der Waals surface area (Å²) in [4.78, 5) is 18.5. The van der Waals surface area contributed by atoms with Crippen LogP contribution in [0, 0.1) is 0 Å². The summed E-state index contributed by atoms with van der Waals surface area (Å²) in [5.41, 5.74) is 0.891. The summed E-state index contributed by atoms with van der Waals surface area (Å²) in [7, 11) is 0. The first-order valence-electron chi connectivity index (χ1n) is 7.15. The number of nitrogens with zero attached hydrogens (tertiary/aromatic N) is 2. The van der Waals surface area contributed by atoms with Crippen LogP contribution in [0.1, 0.15) is 36.2 Å². The van der Waals surface area contributed by atoms with Crippen LogP contribution in [0.2, 0.25) is 0 Å². The molecule has 1 amide bonds. The SMILES string of the molecule is O=C(c1cnc(-c2ccccc2)o1)N1CCCCCC1. The topological polar surface area (TPSA) is 46.3 Å². The van der Waals surface area contributed by atoms with Crippen molar-refractivity contribution < 1.29 is 9.21 Å². The molecule has 104 valence electrons. The minimum atomic E-state index is -0.0402. The predicted octanol–water partition coefficient (Wildman–Crippen LogP) is 3.36. The Morgan fingerprint density at radius 1 is 1.05 bits per heavy atom. The van der Waals surface area contributed by atoms with E-state index in [1.54, 1.807) is 0 Å². The van der Waals surface area contributed by atoms with E-state index in [-0.39, 0.29) is 5.91 Å². The lowest BCUT2D eigenvalue weighted by Crippen LogP contribution is -2.31. The van der Waals surface area contributed by atoms with Gasteiger partial charge in [-0.1, -0.05) is 31.0 Å². The van der Waals surface area contributed by atoms with Crippen LogP contribution in [-0.2, 0) is 0 Å². The van der Waals surface area contributed by atoms with Gasteiger partial charge < -0.3 is 9.32 Å². The van der Waals surface area contributed by atoms with Crippen LogP contribution in [0.15, 0.2) is 40.9 Å². The fourth-order valence-corrected chi connectivity index (χ4v) is 2.52. The molecular formula is C16H18N2O2. The Bertz CT molecular complexity index is 569. The van der Waals surface area contributed by atoms with E-state index in [0.29, 0.717) is 11.7 Å². The maximum Gasteiger partial charge on any atom is 0.291 e. The average Bonchev–Trinajstić information content (AvgIpc) is 2.83. The smallest absolute Gasteiger partial charge is 0.291 e. The molecule has 3 rings (SSSR count). The summed E-state index contributed by atoms with van der Waals surface area (Å²) in [5.74, 6) is 0.802. The molecule has 1 aromatic carbocycles. The minimum Gasteiger partial charge on any atom is -0.431 e. The summed E-state index contributed by atoms with van der Waals surface area (Å²) in [6.07, 6.45) is 6.09. The maximum absolute atomic E-state index is 12.4. The number of hydrogen-bond acceptors (Lipinski definition) is 3. The van der Waals surface area contributed by atoms with Crippen LogP contribution in [-0.4, -0.2) is 28.9 Å². The third-order valence-electron chi connectivity index (χ3n) is 3.63. The normalized spacial score (nSPS) is 15.9. The molecule has 4 heteroatoms. The Morgan fingerprint density at radius 3 is 2.45 bits per heavy atom. The number of rotatable bonds is 2. The maximum atomic E-state index is 12.4. The Balaban J connectivity index is 1.77. The van der Waals surface area contributed by atoms with E-state index in [4.69, 9.17) is 4.42 Å². The molecule has 0 saturated carbocycles. The zero-order valence-corrected chi connectivity index (χ0v) is 11.4. The molecule has 1 fully saturated rings.